The van der Waals surface area contributed by atoms with Gasteiger partial charge in [0.05, 0.1) is 6.04 Å². The SMILES string of the molecule is CCN(CC)C(=O)C(N)Cc1ccccc1.Cl. The highest BCUT2D eigenvalue weighted by Crippen LogP contribution is 2.04. The number of nitrogens with zero attached hydrogens (tertiary/aromatic N) is 1. The summed E-state index contributed by atoms with van der Waals surface area (Å²) in [5, 5.41) is 0. The quantitative estimate of drug-likeness (QED) is 0.874. The summed E-state index contributed by atoms with van der Waals surface area (Å²) in [6, 6.07) is 9.45. The Morgan fingerprint density at radius 2 is 1.76 bits per heavy atom. The van der Waals surface area contributed by atoms with E-state index in [0.29, 0.717) is 6.42 Å². The van der Waals surface area contributed by atoms with Gasteiger partial charge in [0.15, 0.2) is 0 Å². The van der Waals surface area contributed by atoms with Crippen LogP contribution in [-0.2, 0) is 11.2 Å². The fourth-order valence-electron chi connectivity index (χ4n) is 1.73. The third-order valence-electron chi connectivity index (χ3n) is 2.69. The largest absolute Gasteiger partial charge is 0.342 e. The van der Waals surface area contributed by atoms with Crippen molar-refractivity contribution in [2.45, 2.75) is 26.3 Å². The first-order valence-corrected chi connectivity index (χ1v) is 5.77. The molecule has 3 nitrogen and oxygen atoms in total. The number of amides is 1. The highest BCUT2D eigenvalue weighted by atomic mass is 35.5. The summed E-state index contributed by atoms with van der Waals surface area (Å²) in [7, 11) is 0. The molecular formula is C13H21ClN2O. The van der Waals surface area contributed by atoms with E-state index in [1.54, 1.807) is 4.90 Å². The van der Waals surface area contributed by atoms with Crippen LogP contribution >= 0.6 is 12.4 Å². The Bertz CT molecular complexity index is 325. The lowest BCUT2D eigenvalue weighted by Crippen LogP contribution is -2.44. The maximum atomic E-state index is 11.9. The molecule has 96 valence electrons. The molecule has 0 aliphatic rings. The first kappa shape index (κ1) is 15.9. The van der Waals surface area contributed by atoms with Gasteiger partial charge in [-0.3, -0.25) is 4.79 Å². The second-order valence-electron chi connectivity index (χ2n) is 3.81. The van der Waals surface area contributed by atoms with Crippen molar-refractivity contribution in [2.75, 3.05) is 13.1 Å². The van der Waals surface area contributed by atoms with Crippen molar-refractivity contribution < 1.29 is 4.79 Å². The third kappa shape index (κ3) is 4.75. The van der Waals surface area contributed by atoms with Crippen molar-refractivity contribution in [3.05, 3.63) is 35.9 Å². The van der Waals surface area contributed by atoms with Crippen LogP contribution in [0.3, 0.4) is 0 Å². The molecule has 1 amide bonds. The molecule has 1 aromatic carbocycles. The molecule has 1 atom stereocenters. The lowest BCUT2D eigenvalue weighted by Gasteiger charge is -2.22. The Morgan fingerprint density at radius 1 is 1.24 bits per heavy atom. The minimum atomic E-state index is -0.428. The Hall–Kier alpha value is -1.06. The second kappa shape index (κ2) is 8.09. The standard InChI is InChI=1S/C13H20N2O.ClH/c1-3-15(4-2)13(16)12(14)10-11-8-6-5-7-9-11;/h5-9,12H,3-4,10,14H2,1-2H3;1H. The van der Waals surface area contributed by atoms with Crippen molar-refractivity contribution in [2.24, 2.45) is 5.73 Å². The Balaban J connectivity index is 0.00000256. The molecule has 0 saturated heterocycles. The number of rotatable bonds is 5. The molecule has 0 heterocycles. The summed E-state index contributed by atoms with van der Waals surface area (Å²) in [4.78, 5) is 13.7. The first-order valence-electron chi connectivity index (χ1n) is 5.77. The van der Waals surface area contributed by atoms with E-state index in [0.717, 1.165) is 18.7 Å². The van der Waals surface area contributed by atoms with Crippen molar-refractivity contribution in [3.8, 4) is 0 Å². The van der Waals surface area contributed by atoms with Crippen molar-refractivity contribution in [1.82, 2.24) is 4.90 Å². The maximum absolute atomic E-state index is 11.9. The predicted molar refractivity (Wildman–Crippen MR) is 73.3 cm³/mol. The molecule has 17 heavy (non-hydrogen) atoms. The zero-order valence-corrected chi connectivity index (χ0v) is 11.2. The van der Waals surface area contributed by atoms with Crippen molar-refractivity contribution in [3.63, 3.8) is 0 Å². The van der Waals surface area contributed by atoms with E-state index in [1.807, 2.05) is 44.2 Å². The van der Waals surface area contributed by atoms with Gasteiger partial charge in [0, 0.05) is 13.1 Å². The minimum Gasteiger partial charge on any atom is -0.342 e. The number of carbonyl (C=O) groups excluding carboxylic acids is 1. The summed E-state index contributed by atoms with van der Waals surface area (Å²) in [5.74, 6) is 0.0360. The van der Waals surface area contributed by atoms with Crippen LogP contribution in [0.1, 0.15) is 19.4 Å². The molecular weight excluding hydrogens is 236 g/mol. The molecule has 0 aliphatic heterocycles. The summed E-state index contributed by atoms with van der Waals surface area (Å²) in [5.41, 5.74) is 7.02. The molecule has 0 fully saturated rings. The average Bonchev–Trinajstić information content (AvgIpc) is 2.31. The number of halogens is 1. The van der Waals surface area contributed by atoms with Crippen LogP contribution in [-0.4, -0.2) is 29.9 Å². The van der Waals surface area contributed by atoms with Crippen molar-refractivity contribution >= 4 is 18.3 Å². The van der Waals surface area contributed by atoms with Crippen LogP contribution < -0.4 is 5.73 Å². The van der Waals surface area contributed by atoms with Gasteiger partial charge in [-0.05, 0) is 25.8 Å². The number of benzene rings is 1. The van der Waals surface area contributed by atoms with Gasteiger partial charge in [0.2, 0.25) is 5.91 Å². The lowest BCUT2D eigenvalue weighted by atomic mass is 10.1. The number of likely N-dealkylation sites (N-methyl/N-ethyl adjacent to an activating group) is 1. The van der Waals surface area contributed by atoms with Crippen LogP contribution in [0.25, 0.3) is 0 Å². The maximum Gasteiger partial charge on any atom is 0.239 e. The zero-order valence-electron chi connectivity index (χ0n) is 10.4. The van der Waals surface area contributed by atoms with E-state index in [2.05, 4.69) is 0 Å². The first-order chi connectivity index (χ1) is 7.69. The second-order valence-corrected chi connectivity index (χ2v) is 3.81. The summed E-state index contributed by atoms with van der Waals surface area (Å²) < 4.78 is 0. The Morgan fingerprint density at radius 3 is 2.24 bits per heavy atom. The molecule has 4 heteroatoms. The lowest BCUT2D eigenvalue weighted by molar-refractivity contribution is -0.132. The van der Waals surface area contributed by atoms with Gasteiger partial charge in [0.1, 0.15) is 0 Å². The van der Waals surface area contributed by atoms with Crippen LogP contribution in [0, 0.1) is 0 Å². The van der Waals surface area contributed by atoms with Gasteiger partial charge < -0.3 is 10.6 Å². The van der Waals surface area contributed by atoms with Gasteiger partial charge >= 0.3 is 0 Å². The molecule has 1 rings (SSSR count). The van der Waals surface area contributed by atoms with E-state index in [1.165, 1.54) is 0 Å². The number of nitrogens with two attached hydrogens (primary N) is 1. The molecule has 0 aromatic heterocycles. The zero-order chi connectivity index (χ0) is 12.0. The fourth-order valence-corrected chi connectivity index (χ4v) is 1.73. The monoisotopic (exact) mass is 256 g/mol. The normalized spacial score (nSPS) is 11.5. The third-order valence-corrected chi connectivity index (χ3v) is 2.69. The molecule has 1 aromatic rings. The smallest absolute Gasteiger partial charge is 0.239 e. The highest BCUT2D eigenvalue weighted by Gasteiger charge is 2.18. The molecule has 0 radical (unpaired) electrons. The fraction of sp³-hybridized carbons (Fsp3) is 0.462. The topological polar surface area (TPSA) is 46.3 Å². The molecule has 0 bridgehead atoms. The Labute approximate surface area is 109 Å². The molecule has 1 unspecified atom stereocenters. The van der Waals surface area contributed by atoms with E-state index < -0.39 is 6.04 Å². The van der Waals surface area contributed by atoms with Crippen molar-refractivity contribution in [1.29, 1.82) is 0 Å². The van der Waals surface area contributed by atoms with Gasteiger partial charge in [-0.25, -0.2) is 0 Å². The minimum absolute atomic E-state index is 0. The number of hydrogen-bond donors (Lipinski definition) is 1. The van der Waals surface area contributed by atoms with Crippen LogP contribution in [0.5, 0.6) is 0 Å². The molecule has 0 aliphatic carbocycles. The van der Waals surface area contributed by atoms with E-state index in [4.69, 9.17) is 5.73 Å². The van der Waals surface area contributed by atoms with Crippen LogP contribution in [0.2, 0.25) is 0 Å². The number of carbonyl (C=O) groups is 1. The van der Waals surface area contributed by atoms with Gasteiger partial charge in [-0.1, -0.05) is 30.3 Å². The van der Waals surface area contributed by atoms with Gasteiger partial charge in [-0.15, -0.1) is 12.4 Å². The molecule has 2 N–H and O–H groups in total. The molecule has 0 saturated carbocycles. The molecule has 0 spiro atoms. The van der Waals surface area contributed by atoms with Gasteiger partial charge in [-0.2, -0.15) is 0 Å². The average molecular weight is 257 g/mol. The highest BCUT2D eigenvalue weighted by molar-refractivity contribution is 5.85. The Kier molecular flexibility index (Phi) is 7.59. The van der Waals surface area contributed by atoms with Gasteiger partial charge in [0.25, 0.3) is 0 Å². The van der Waals surface area contributed by atoms with E-state index in [-0.39, 0.29) is 18.3 Å². The predicted octanol–water partition coefficient (Wildman–Crippen LogP) is 1.85. The van der Waals surface area contributed by atoms with Crippen LogP contribution in [0.4, 0.5) is 0 Å². The summed E-state index contributed by atoms with van der Waals surface area (Å²) in [6.45, 7) is 5.38. The summed E-state index contributed by atoms with van der Waals surface area (Å²) in [6.07, 6.45) is 0.607. The number of hydrogen-bond acceptors (Lipinski definition) is 2. The van der Waals surface area contributed by atoms with E-state index >= 15 is 0 Å². The van der Waals surface area contributed by atoms with Crippen LogP contribution in [0.15, 0.2) is 30.3 Å². The summed E-state index contributed by atoms with van der Waals surface area (Å²) >= 11 is 0. The van der Waals surface area contributed by atoms with E-state index in [9.17, 15) is 4.79 Å².